The molecule has 26 heavy (non-hydrogen) atoms. The number of pyridine rings is 1. The molecule has 0 saturated heterocycles. The molecule has 1 aromatic heterocycles. The molecule has 0 bridgehead atoms. The summed E-state index contributed by atoms with van der Waals surface area (Å²) < 4.78 is 37.4. The van der Waals surface area contributed by atoms with E-state index in [2.05, 4.69) is 21.7 Å². The van der Waals surface area contributed by atoms with E-state index in [1.807, 2.05) is 18.2 Å². The van der Waals surface area contributed by atoms with Crippen LogP contribution < -0.4 is 10.6 Å². The minimum atomic E-state index is -4.51. The number of halogens is 5. The van der Waals surface area contributed by atoms with Crippen LogP contribution >= 0.6 is 24.8 Å². The van der Waals surface area contributed by atoms with Gasteiger partial charge in [0, 0.05) is 18.8 Å². The molecule has 0 radical (unpaired) electrons. The van der Waals surface area contributed by atoms with Gasteiger partial charge in [-0.25, -0.2) is 0 Å². The van der Waals surface area contributed by atoms with Gasteiger partial charge in [0.25, 0.3) is 5.91 Å². The van der Waals surface area contributed by atoms with Crippen LogP contribution in [0.5, 0.6) is 0 Å². The zero-order chi connectivity index (χ0) is 17.2. The molecule has 0 aliphatic carbocycles. The summed E-state index contributed by atoms with van der Waals surface area (Å²) in [5.41, 5.74) is 1.47. The first-order chi connectivity index (χ1) is 11.4. The van der Waals surface area contributed by atoms with E-state index in [0.29, 0.717) is 6.54 Å². The fourth-order valence-corrected chi connectivity index (χ4v) is 2.77. The molecule has 2 N–H and O–H groups in total. The van der Waals surface area contributed by atoms with Gasteiger partial charge in [0.05, 0.1) is 5.56 Å². The molecule has 1 aliphatic heterocycles. The maximum absolute atomic E-state index is 12.5. The van der Waals surface area contributed by atoms with E-state index in [1.54, 1.807) is 0 Å². The highest BCUT2D eigenvalue weighted by Gasteiger charge is 2.32. The highest BCUT2D eigenvalue weighted by Crippen LogP contribution is 2.27. The number of fused-ring (bicyclic) bond motifs is 1. The van der Waals surface area contributed by atoms with Crippen LogP contribution in [0.25, 0.3) is 0 Å². The second-order valence-electron chi connectivity index (χ2n) is 5.60. The van der Waals surface area contributed by atoms with Crippen molar-refractivity contribution in [2.24, 2.45) is 0 Å². The molecule has 9 heteroatoms. The lowest BCUT2D eigenvalue weighted by Gasteiger charge is -2.27. The lowest BCUT2D eigenvalue weighted by atomic mass is 9.94. The Balaban J connectivity index is 0.00000169. The topological polar surface area (TPSA) is 54.0 Å². The van der Waals surface area contributed by atoms with Crippen LogP contribution in [-0.2, 0) is 12.6 Å². The number of nitrogens with one attached hydrogen (secondary N) is 2. The third-order valence-electron chi connectivity index (χ3n) is 4.00. The Morgan fingerprint density at radius 3 is 2.58 bits per heavy atom. The van der Waals surface area contributed by atoms with Crippen LogP contribution in [0.4, 0.5) is 13.2 Å². The van der Waals surface area contributed by atoms with Gasteiger partial charge in [-0.3, -0.25) is 9.78 Å². The Morgan fingerprint density at radius 2 is 1.92 bits per heavy atom. The van der Waals surface area contributed by atoms with Crippen LogP contribution in [0.15, 0.2) is 42.6 Å². The normalized spacial score (nSPS) is 15.9. The monoisotopic (exact) mass is 407 g/mol. The maximum Gasteiger partial charge on any atom is 0.433 e. The molecule has 142 valence electrons. The molecule has 0 saturated carbocycles. The lowest BCUT2D eigenvalue weighted by molar-refractivity contribution is -0.141. The standard InChI is InChI=1S/C17H16F3N3O.2ClH/c18-17(19,20)15-6-5-12(9-22-15)16(24)23-10-14-13-4-2-1-3-11(13)7-8-21-14;;/h1-6,9,14,21H,7-8,10H2,(H,23,24);2*1H. The van der Waals surface area contributed by atoms with Crippen LogP contribution in [0.1, 0.15) is 33.2 Å². The molecule has 1 unspecified atom stereocenters. The number of aromatic nitrogens is 1. The van der Waals surface area contributed by atoms with E-state index < -0.39 is 17.8 Å². The average molecular weight is 408 g/mol. The summed E-state index contributed by atoms with van der Waals surface area (Å²) in [5.74, 6) is -0.443. The van der Waals surface area contributed by atoms with E-state index >= 15 is 0 Å². The number of hydrogen-bond donors (Lipinski definition) is 2. The van der Waals surface area contributed by atoms with E-state index in [0.717, 1.165) is 36.9 Å². The van der Waals surface area contributed by atoms with Gasteiger partial charge in [-0.15, -0.1) is 24.8 Å². The first-order valence-electron chi connectivity index (χ1n) is 7.58. The number of alkyl halides is 3. The van der Waals surface area contributed by atoms with Gasteiger partial charge in [-0.2, -0.15) is 13.2 Å². The Kier molecular flexibility index (Phi) is 7.87. The summed E-state index contributed by atoms with van der Waals surface area (Å²) in [7, 11) is 0. The zero-order valence-corrected chi connectivity index (χ0v) is 15.2. The minimum Gasteiger partial charge on any atom is -0.350 e. The second kappa shape index (κ2) is 9.21. The summed E-state index contributed by atoms with van der Waals surface area (Å²) in [6.07, 6.45) is -2.63. The van der Waals surface area contributed by atoms with Crippen molar-refractivity contribution in [1.82, 2.24) is 15.6 Å². The largest absolute Gasteiger partial charge is 0.433 e. The Hall–Kier alpha value is -1.83. The van der Waals surface area contributed by atoms with Crippen LogP contribution in [-0.4, -0.2) is 24.0 Å². The number of nitrogens with zero attached hydrogens (tertiary/aromatic N) is 1. The molecular formula is C17H18Cl2F3N3O. The molecule has 4 nitrogen and oxygen atoms in total. The first-order valence-corrected chi connectivity index (χ1v) is 7.58. The van der Waals surface area contributed by atoms with Gasteiger partial charge in [0.1, 0.15) is 5.69 Å². The quantitative estimate of drug-likeness (QED) is 0.817. The van der Waals surface area contributed by atoms with Gasteiger partial charge in [0.15, 0.2) is 0 Å². The Labute approximate surface area is 161 Å². The maximum atomic E-state index is 12.5. The van der Waals surface area contributed by atoms with Crippen LogP contribution in [0, 0.1) is 0 Å². The lowest BCUT2D eigenvalue weighted by Crippen LogP contribution is -2.38. The second-order valence-corrected chi connectivity index (χ2v) is 5.60. The molecule has 2 heterocycles. The highest BCUT2D eigenvalue weighted by molar-refractivity contribution is 5.93. The van der Waals surface area contributed by atoms with E-state index in [9.17, 15) is 18.0 Å². The molecular weight excluding hydrogens is 390 g/mol. The smallest absolute Gasteiger partial charge is 0.350 e. The van der Waals surface area contributed by atoms with Gasteiger partial charge >= 0.3 is 6.18 Å². The van der Waals surface area contributed by atoms with Crippen molar-refractivity contribution in [3.05, 3.63) is 65.0 Å². The number of hydrogen-bond acceptors (Lipinski definition) is 3. The molecule has 0 fully saturated rings. The number of benzene rings is 1. The number of carbonyl (C=O) groups is 1. The zero-order valence-electron chi connectivity index (χ0n) is 13.5. The third kappa shape index (κ3) is 5.09. The molecule has 1 atom stereocenters. The fraction of sp³-hybridized carbons (Fsp3) is 0.294. The van der Waals surface area contributed by atoms with Crippen molar-refractivity contribution in [2.75, 3.05) is 13.1 Å². The number of rotatable bonds is 3. The SMILES string of the molecule is Cl.Cl.O=C(NCC1NCCc2ccccc21)c1ccc(C(F)(F)F)nc1. The predicted molar refractivity (Wildman–Crippen MR) is 97.0 cm³/mol. The van der Waals surface area contributed by atoms with Gasteiger partial charge in [-0.05, 0) is 36.2 Å². The predicted octanol–water partition coefficient (Wildman–Crippen LogP) is 3.56. The van der Waals surface area contributed by atoms with E-state index in [4.69, 9.17) is 0 Å². The Bertz CT molecular complexity index is 739. The van der Waals surface area contributed by atoms with Crippen molar-refractivity contribution in [3.63, 3.8) is 0 Å². The van der Waals surface area contributed by atoms with Crippen molar-refractivity contribution >= 4 is 30.7 Å². The van der Waals surface area contributed by atoms with Crippen LogP contribution in [0.2, 0.25) is 0 Å². The van der Waals surface area contributed by atoms with Crippen molar-refractivity contribution in [1.29, 1.82) is 0 Å². The minimum absolute atomic E-state index is 0. The number of carbonyl (C=O) groups excluding carboxylic acids is 1. The molecule has 0 spiro atoms. The van der Waals surface area contributed by atoms with Crippen LogP contribution in [0.3, 0.4) is 0 Å². The van der Waals surface area contributed by atoms with Crippen molar-refractivity contribution in [2.45, 2.75) is 18.6 Å². The molecule has 2 aromatic rings. The third-order valence-corrected chi connectivity index (χ3v) is 4.00. The molecule has 1 aromatic carbocycles. The molecule has 1 amide bonds. The fourth-order valence-electron chi connectivity index (χ4n) is 2.77. The van der Waals surface area contributed by atoms with Gasteiger partial charge in [0.2, 0.25) is 0 Å². The first kappa shape index (κ1) is 22.2. The van der Waals surface area contributed by atoms with Gasteiger partial charge < -0.3 is 10.6 Å². The summed E-state index contributed by atoms with van der Waals surface area (Å²) >= 11 is 0. The van der Waals surface area contributed by atoms with Crippen molar-refractivity contribution in [3.8, 4) is 0 Å². The van der Waals surface area contributed by atoms with Gasteiger partial charge in [-0.1, -0.05) is 24.3 Å². The molecule has 1 aliphatic rings. The van der Waals surface area contributed by atoms with E-state index in [1.165, 1.54) is 5.56 Å². The van der Waals surface area contributed by atoms with Crippen molar-refractivity contribution < 1.29 is 18.0 Å². The summed E-state index contributed by atoms with van der Waals surface area (Å²) in [5, 5.41) is 6.08. The number of amides is 1. The van der Waals surface area contributed by atoms with E-state index in [-0.39, 0.29) is 36.4 Å². The Morgan fingerprint density at radius 1 is 1.19 bits per heavy atom. The summed E-state index contributed by atoms with van der Waals surface area (Å²) in [6.45, 7) is 1.18. The summed E-state index contributed by atoms with van der Waals surface area (Å²) in [6, 6.07) is 9.93. The summed E-state index contributed by atoms with van der Waals surface area (Å²) in [4.78, 5) is 15.4. The molecule has 3 rings (SSSR count). The average Bonchev–Trinajstić information content (AvgIpc) is 2.59. The highest BCUT2D eigenvalue weighted by atomic mass is 35.5.